The van der Waals surface area contributed by atoms with E-state index in [0.717, 1.165) is 0 Å². The predicted octanol–water partition coefficient (Wildman–Crippen LogP) is 1.71. The van der Waals surface area contributed by atoms with Gasteiger partial charge in [0.15, 0.2) is 0 Å². The Hall–Kier alpha value is 0.840. The molecule has 0 aliphatic heterocycles. The molecule has 0 radical (unpaired) electrons. The molecule has 11 heteroatoms. The molecule has 0 aromatic rings. The minimum atomic E-state index is -4.97. The molecular weight excluding hydrogens is 293 g/mol. The van der Waals surface area contributed by atoms with Crippen molar-refractivity contribution in [3.05, 3.63) is 0 Å². The Morgan fingerprint density at radius 2 is 1.40 bits per heavy atom. The number of rotatable bonds is 8. The largest absolute Gasteiger partial charge is 0.483 e. The van der Waals surface area contributed by atoms with Crippen LogP contribution in [0.5, 0.6) is 0 Å². The van der Waals surface area contributed by atoms with E-state index in [1.807, 2.05) is 0 Å². The van der Waals surface area contributed by atoms with Crippen LogP contribution < -0.4 is 0 Å². The molecule has 0 aliphatic carbocycles. The summed E-state index contributed by atoms with van der Waals surface area (Å²) in [5.41, 5.74) is 0. The Labute approximate surface area is 96.5 Å². The van der Waals surface area contributed by atoms with Gasteiger partial charge in [-0.05, 0) is 0 Å². The number of alkyl halides is 2. The van der Waals surface area contributed by atoms with E-state index in [0.29, 0.717) is 0 Å². The van der Waals surface area contributed by atoms with E-state index in [1.165, 1.54) is 0 Å². The van der Waals surface area contributed by atoms with Crippen LogP contribution in [-0.2, 0) is 22.5 Å². The van der Waals surface area contributed by atoms with Crippen molar-refractivity contribution < 1.29 is 32.3 Å². The minimum absolute atomic E-state index is 0.0290. The molecule has 0 bridgehead atoms. The summed E-state index contributed by atoms with van der Waals surface area (Å²) in [6.07, 6.45) is 0. The van der Waals surface area contributed by atoms with Gasteiger partial charge in [0.25, 0.3) is 0 Å². The Morgan fingerprint density at radius 1 is 1.00 bits per heavy atom. The number of phosphoric acid groups is 2. The zero-order valence-electron chi connectivity index (χ0n) is 7.41. The molecule has 0 heterocycles. The zero-order chi connectivity index (χ0) is 11.9. The standard InChI is InChI=1S/C4H10Cl2O7P2/c5-1-3-11-15(10,12-4-2-6)13-14(7,8)9/h1-4H2,(H2,7,8,9). The van der Waals surface area contributed by atoms with Gasteiger partial charge < -0.3 is 9.79 Å². The molecule has 0 aromatic carbocycles. The highest BCUT2D eigenvalue weighted by Gasteiger charge is 2.35. The van der Waals surface area contributed by atoms with E-state index in [1.54, 1.807) is 0 Å². The first kappa shape index (κ1) is 15.8. The lowest BCUT2D eigenvalue weighted by molar-refractivity contribution is 0.151. The molecule has 0 rings (SSSR count). The maximum atomic E-state index is 11.5. The molecule has 0 aliphatic rings. The fourth-order valence-electron chi connectivity index (χ4n) is 0.507. The van der Waals surface area contributed by atoms with Crippen LogP contribution in [0.15, 0.2) is 0 Å². The summed E-state index contributed by atoms with van der Waals surface area (Å²) < 4.78 is 34.8. The number of halogens is 2. The smallest absolute Gasteiger partial charge is 0.302 e. The van der Waals surface area contributed by atoms with Gasteiger partial charge in [-0.15, -0.1) is 23.2 Å². The van der Waals surface area contributed by atoms with Crippen molar-refractivity contribution in [1.29, 1.82) is 0 Å². The molecule has 0 fully saturated rings. The molecule has 0 saturated heterocycles. The van der Waals surface area contributed by atoms with Crippen LogP contribution >= 0.6 is 38.8 Å². The Balaban J connectivity index is 4.40. The van der Waals surface area contributed by atoms with E-state index >= 15 is 0 Å². The lowest BCUT2D eigenvalue weighted by Gasteiger charge is -2.16. The molecule has 0 unspecified atom stereocenters. The van der Waals surface area contributed by atoms with Gasteiger partial charge in [0.1, 0.15) is 0 Å². The third-order valence-corrected chi connectivity index (χ3v) is 3.82. The van der Waals surface area contributed by atoms with Gasteiger partial charge in [0.2, 0.25) is 0 Å². The normalized spacial score (nSPS) is 13.1. The highest BCUT2D eigenvalue weighted by molar-refractivity contribution is 7.61. The fraction of sp³-hybridized carbons (Fsp3) is 1.00. The molecule has 7 nitrogen and oxygen atoms in total. The second-order valence-corrected chi connectivity index (χ2v) is 5.86. The predicted molar refractivity (Wildman–Crippen MR) is 54.1 cm³/mol. The second kappa shape index (κ2) is 7.22. The number of phosphoric ester groups is 1. The van der Waals surface area contributed by atoms with Crippen LogP contribution in [0, 0.1) is 0 Å². The quantitative estimate of drug-likeness (QED) is 0.520. The molecule has 92 valence electrons. The molecule has 0 saturated carbocycles. The van der Waals surface area contributed by atoms with Crippen LogP contribution in [0.25, 0.3) is 0 Å². The highest BCUT2D eigenvalue weighted by atomic mass is 35.5. The summed E-state index contributed by atoms with van der Waals surface area (Å²) in [6.45, 7) is -0.470. The van der Waals surface area contributed by atoms with Crippen molar-refractivity contribution in [3.63, 3.8) is 0 Å². The molecule has 0 atom stereocenters. The van der Waals surface area contributed by atoms with Gasteiger partial charge in [-0.1, -0.05) is 0 Å². The van der Waals surface area contributed by atoms with Crippen molar-refractivity contribution in [2.24, 2.45) is 0 Å². The van der Waals surface area contributed by atoms with Crippen molar-refractivity contribution >= 4 is 38.8 Å². The van der Waals surface area contributed by atoms with E-state index < -0.39 is 15.6 Å². The summed E-state index contributed by atoms with van der Waals surface area (Å²) in [5, 5.41) is 0. The average molecular weight is 303 g/mol. The van der Waals surface area contributed by atoms with Crippen molar-refractivity contribution in [1.82, 2.24) is 0 Å². The lowest BCUT2D eigenvalue weighted by Crippen LogP contribution is -2.03. The molecule has 15 heavy (non-hydrogen) atoms. The summed E-state index contributed by atoms with van der Waals surface area (Å²) >= 11 is 10.5. The second-order valence-electron chi connectivity index (χ2n) is 2.06. The monoisotopic (exact) mass is 302 g/mol. The summed E-state index contributed by atoms with van der Waals surface area (Å²) in [6, 6.07) is 0. The SMILES string of the molecule is O=P(O)(O)OP(=O)(OCCCl)OCCCl. The molecule has 2 N–H and O–H groups in total. The van der Waals surface area contributed by atoms with Gasteiger partial charge in [-0.25, -0.2) is 9.13 Å². The van der Waals surface area contributed by atoms with Gasteiger partial charge in [-0.2, -0.15) is 4.31 Å². The van der Waals surface area contributed by atoms with E-state index in [4.69, 9.17) is 33.0 Å². The van der Waals surface area contributed by atoms with Crippen LogP contribution in [0.3, 0.4) is 0 Å². The third kappa shape index (κ3) is 8.63. The Kier molecular flexibility index (Phi) is 7.63. The number of hydrogen-bond donors (Lipinski definition) is 2. The molecular formula is C4H10Cl2O7P2. The van der Waals surface area contributed by atoms with E-state index in [-0.39, 0.29) is 25.0 Å². The maximum Gasteiger partial charge on any atom is 0.483 e. The molecule has 0 amide bonds. The van der Waals surface area contributed by atoms with E-state index in [9.17, 15) is 9.13 Å². The average Bonchev–Trinajstić information content (AvgIpc) is 2.09. The van der Waals surface area contributed by atoms with E-state index in [2.05, 4.69) is 13.4 Å². The molecule has 0 spiro atoms. The summed E-state index contributed by atoms with van der Waals surface area (Å²) in [7, 11) is -9.27. The van der Waals surface area contributed by atoms with Gasteiger partial charge in [0, 0.05) is 11.8 Å². The van der Waals surface area contributed by atoms with Crippen molar-refractivity contribution in [2.75, 3.05) is 25.0 Å². The maximum absolute atomic E-state index is 11.5. The minimum Gasteiger partial charge on any atom is -0.302 e. The molecule has 0 aromatic heterocycles. The summed E-state index contributed by atoms with van der Waals surface area (Å²) in [5.74, 6) is -0.0580. The van der Waals surface area contributed by atoms with Crippen LogP contribution in [0.2, 0.25) is 0 Å². The fourth-order valence-corrected chi connectivity index (χ4v) is 3.00. The van der Waals surface area contributed by atoms with Gasteiger partial charge in [0.05, 0.1) is 13.2 Å². The summed E-state index contributed by atoms with van der Waals surface area (Å²) in [4.78, 5) is 16.9. The Bertz CT molecular complexity index is 254. The first-order valence-corrected chi connectivity index (χ1v) is 7.67. The third-order valence-electron chi connectivity index (χ3n) is 0.859. The first-order chi connectivity index (χ1) is 6.83. The Morgan fingerprint density at radius 3 is 1.67 bits per heavy atom. The van der Waals surface area contributed by atoms with Crippen LogP contribution in [0.1, 0.15) is 0 Å². The van der Waals surface area contributed by atoms with Crippen molar-refractivity contribution in [3.8, 4) is 0 Å². The van der Waals surface area contributed by atoms with Crippen LogP contribution in [-0.4, -0.2) is 34.8 Å². The van der Waals surface area contributed by atoms with Crippen LogP contribution in [0.4, 0.5) is 0 Å². The first-order valence-electron chi connectivity index (χ1n) is 3.61. The zero-order valence-corrected chi connectivity index (χ0v) is 10.7. The van der Waals surface area contributed by atoms with Gasteiger partial charge >= 0.3 is 15.6 Å². The van der Waals surface area contributed by atoms with Crippen molar-refractivity contribution in [2.45, 2.75) is 0 Å². The number of hydrogen-bond acceptors (Lipinski definition) is 5. The van der Waals surface area contributed by atoms with Gasteiger partial charge in [-0.3, -0.25) is 9.05 Å². The highest BCUT2D eigenvalue weighted by Crippen LogP contribution is 2.61. The topological polar surface area (TPSA) is 102 Å². The lowest BCUT2D eigenvalue weighted by atomic mass is 10.9.